The molecule has 1 aromatic heterocycles. The lowest BCUT2D eigenvalue weighted by molar-refractivity contribution is -0.136. The Balaban J connectivity index is 2.23. The predicted octanol–water partition coefficient (Wildman–Crippen LogP) is 0.891. The molecule has 1 aromatic rings. The summed E-state index contributed by atoms with van der Waals surface area (Å²) in [5, 5.41) is 17.6. The normalized spacial score (nSPS) is 22.2. The quantitative estimate of drug-likeness (QED) is 0.766. The van der Waals surface area contributed by atoms with E-state index in [1.165, 1.54) is 4.90 Å². The molecule has 10 nitrogen and oxygen atoms in total. The fourth-order valence-electron chi connectivity index (χ4n) is 3.32. The lowest BCUT2D eigenvalue weighted by Gasteiger charge is -2.35. The Hall–Kier alpha value is -2.20. The molecule has 0 aliphatic carbocycles. The summed E-state index contributed by atoms with van der Waals surface area (Å²) >= 11 is 0. The van der Waals surface area contributed by atoms with E-state index in [2.05, 4.69) is 10.3 Å². The van der Waals surface area contributed by atoms with Gasteiger partial charge in [-0.25, -0.2) is 9.48 Å². The lowest BCUT2D eigenvalue weighted by Crippen LogP contribution is -2.48. The van der Waals surface area contributed by atoms with Crippen LogP contribution in [0.2, 0.25) is 0 Å². The van der Waals surface area contributed by atoms with Gasteiger partial charge in [0.25, 0.3) is 0 Å². The van der Waals surface area contributed by atoms with E-state index < -0.39 is 6.09 Å². The number of carbonyl (C=O) groups is 2. The smallest absolute Gasteiger partial charge is 0.409 e. The largest absolute Gasteiger partial charge is 0.450 e. The molecule has 1 aliphatic rings. The SMILES string of the molecule is CCOC(=O)N(C)C[C@@H]1OCc2cnnn2CCCC(=O)N([C@H](C)CO)C[C@@H]1C. The fourth-order valence-corrected chi connectivity index (χ4v) is 3.32. The standard InChI is InChI=1S/C19H33N5O5/c1-5-28-19(27)22(4)11-17-14(2)10-23(15(3)12-25)18(26)7-6-8-24-16(13-29-17)9-20-21-24/h9,14-15,17,25H,5-8,10-13H2,1-4H3/t14-,15+,17-/m0/s1. The highest BCUT2D eigenvalue weighted by atomic mass is 16.6. The van der Waals surface area contributed by atoms with Crippen LogP contribution in [-0.4, -0.2) is 87.4 Å². The molecular weight excluding hydrogens is 378 g/mol. The van der Waals surface area contributed by atoms with E-state index in [1.54, 1.807) is 29.7 Å². The third-order valence-corrected chi connectivity index (χ3v) is 5.17. The maximum Gasteiger partial charge on any atom is 0.409 e. The van der Waals surface area contributed by atoms with E-state index in [1.807, 2.05) is 13.8 Å². The van der Waals surface area contributed by atoms with Gasteiger partial charge < -0.3 is 24.4 Å². The van der Waals surface area contributed by atoms with E-state index in [9.17, 15) is 14.7 Å². The summed E-state index contributed by atoms with van der Waals surface area (Å²) in [6.07, 6.45) is 1.90. The summed E-state index contributed by atoms with van der Waals surface area (Å²) in [7, 11) is 1.66. The van der Waals surface area contributed by atoms with Crippen LogP contribution >= 0.6 is 0 Å². The lowest BCUT2D eigenvalue weighted by atomic mass is 10.0. The van der Waals surface area contributed by atoms with Crippen LogP contribution < -0.4 is 0 Å². The second kappa shape index (κ2) is 11.1. The minimum atomic E-state index is -0.419. The van der Waals surface area contributed by atoms with Gasteiger partial charge in [0.1, 0.15) is 0 Å². The van der Waals surface area contributed by atoms with Gasteiger partial charge in [-0.1, -0.05) is 12.1 Å². The molecule has 1 aliphatic heterocycles. The van der Waals surface area contributed by atoms with Crippen molar-refractivity contribution in [2.75, 3.05) is 33.4 Å². The van der Waals surface area contributed by atoms with Crippen LogP contribution in [0, 0.1) is 5.92 Å². The number of amides is 2. The minimum Gasteiger partial charge on any atom is -0.450 e. The van der Waals surface area contributed by atoms with Crippen molar-refractivity contribution in [3.05, 3.63) is 11.9 Å². The highest BCUT2D eigenvalue weighted by Gasteiger charge is 2.29. The van der Waals surface area contributed by atoms with Crippen LogP contribution in [0.3, 0.4) is 0 Å². The number of ether oxygens (including phenoxy) is 2. The van der Waals surface area contributed by atoms with Crippen molar-refractivity contribution in [2.24, 2.45) is 5.92 Å². The molecule has 0 spiro atoms. The predicted molar refractivity (Wildman–Crippen MR) is 105 cm³/mol. The zero-order valence-electron chi connectivity index (χ0n) is 17.8. The fraction of sp³-hybridized carbons (Fsp3) is 0.789. The van der Waals surface area contributed by atoms with Crippen LogP contribution in [0.4, 0.5) is 4.79 Å². The first-order valence-electron chi connectivity index (χ1n) is 10.1. The zero-order valence-corrected chi connectivity index (χ0v) is 17.8. The molecule has 1 N–H and O–H groups in total. The van der Waals surface area contributed by atoms with Gasteiger partial charge in [-0.05, 0) is 20.3 Å². The monoisotopic (exact) mass is 411 g/mol. The first-order valence-corrected chi connectivity index (χ1v) is 10.1. The molecule has 10 heteroatoms. The third-order valence-electron chi connectivity index (χ3n) is 5.17. The van der Waals surface area contributed by atoms with Crippen LogP contribution in [-0.2, 0) is 27.4 Å². The number of likely N-dealkylation sites (N-methyl/N-ethyl adjacent to an activating group) is 1. The Bertz CT molecular complexity index is 667. The third kappa shape index (κ3) is 6.40. The van der Waals surface area contributed by atoms with Crippen molar-refractivity contribution >= 4 is 12.0 Å². The molecular formula is C19H33N5O5. The number of nitrogens with zero attached hydrogens (tertiary/aromatic N) is 5. The molecule has 0 saturated carbocycles. The number of rotatable bonds is 5. The summed E-state index contributed by atoms with van der Waals surface area (Å²) in [5.41, 5.74) is 0.828. The first-order chi connectivity index (χ1) is 13.9. The Morgan fingerprint density at radius 1 is 1.52 bits per heavy atom. The van der Waals surface area contributed by atoms with Gasteiger partial charge in [0.2, 0.25) is 5.91 Å². The number of aromatic nitrogens is 3. The molecule has 2 rings (SSSR count). The molecule has 0 fully saturated rings. The van der Waals surface area contributed by atoms with Crippen molar-refractivity contribution in [1.29, 1.82) is 0 Å². The molecule has 2 amide bonds. The average Bonchev–Trinajstić information content (AvgIpc) is 3.14. The molecule has 164 valence electrons. The molecule has 0 aromatic carbocycles. The Morgan fingerprint density at radius 2 is 2.28 bits per heavy atom. The molecule has 0 bridgehead atoms. The number of aliphatic hydroxyl groups excluding tert-OH is 1. The summed E-state index contributed by atoms with van der Waals surface area (Å²) in [6, 6.07) is -0.293. The number of fused-ring (bicyclic) bond motifs is 1. The van der Waals surface area contributed by atoms with Gasteiger partial charge in [0, 0.05) is 32.5 Å². The van der Waals surface area contributed by atoms with Gasteiger partial charge in [-0.3, -0.25) is 4.79 Å². The van der Waals surface area contributed by atoms with Crippen molar-refractivity contribution in [3.63, 3.8) is 0 Å². The van der Waals surface area contributed by atoms with Gasteiger partial charge >= 0.3 is 6.09 Å². The Morgan fingerprint density at radius 3 is 2.97 bits per heavy atom. The van der Waals surface area contributed by atoms with E-state index in [4.69, 9.17) is 9.47 Å². The number of aryl methyl sites for hydroxylation is 1. The van der Waals surface area contributed by atoms with E-state index in [0.29, 0.717) is 45.7 Å². The zero-order chi connectivity index (χ0) is 21.4. The molecule has 0 saturated heterocycles. The number of carbonyl (C=O) groups excluding carboxylic acids is 2. The molecule has 0 unspecified atom stereocenters. The molecule has 29 heavy (non-hydrogen) atoms. The van der Waals surface area contributed by atoms with Crippen LogP contribution in [0.1, 0.15) is 39.3 Å². The Kier molecular flexibility index (Phi) is 8.84. The molecule has 0 radical (unpaired) electrons. The maximum absolute atomic E-state index is 12.8. The maximum atomic E-state index is 12.8. The van der Waals surface area contributed by atoms with Crippen molar-refractivity contribution < 1.29 is 24.2 Å². The average molecular weight is 412 g/mol. The number of hydrogen-bond donors (Lipinski definition) is 1. The number of aliphatic hydroxyl groups is 1. The molecule has 3 atom stereocenters. The van der Waals surface area contributed by atoms with Gasteiger partial charge in [0.15, 0.2) is 0 Å². The molecule has 2 heterocycles. The highest BCUT2D eigenvalue weighted by Crippen LogP contribution is 2.18. The van der Waals surface area contributed by atoms with Crippen molar-refractivity contribution in [2.45, 2.75) is 58.9 Å². The number of hydrogen-bond acceptors (Lipinski definition) is 7. The van der Waals surface area contributed by atoms with Gasteiger partial charge in [0.05, 0.1) is 50.4 Å². The van der Waals surface area contributed by atoms with Crippen LogP contribution in [0.25, 0.3) is 0 Å². The summed E-state index contributed by atoms with van der Waals surface area (Å²) in [4.78, 5) is 28.0. The summed E-state index contributed by atoms with van der Waals surface area (Å²) in [5.74, 6) is -0.0910. The topological polar surface area (TPSA) is 110 Å². The van der Waals surface area contributed by atoms with Crippen molar-refractivity contribution in [3.8, 4) is 0 Å². The van der Waals surface area contributed by atoms with E-state index in [-0.39, 0.29) is 30.6 Å². The van der Waals surface area contributed by atoms with E-state index >= 15 is 0 Å². The summed E-state index contributed by atoms with van der Waals surface area (Å²) in [6.45, 7) is 7.37. The highest BCUT2D eigenvalue weighted by molar-refractivity contribution is 5.76. The van der Waals surface area contributed by atoms with Gasteiger partial charge in [-0.2, -0.15) is 0 Å². The summed E-state index contributed by atoms with van der Waals surface area (Å²) < 4.78 is 13.0. The van der Waals surface area contributed by atoms with E-state index in [0.717, 1.165) is 5.69 Å². The second-order valence-corrected chi connectivity index (χ2v) is 7.54. The van der Waals surface area contributed by atoms with Gasteiger partial charge in [-0.15, -0.1) is 5.10 Å². The van der Waals surface area contributed by atoms with Crippen molar-refractivity contribution in [1.82, 2.24) is 24.8 Å². The first kappa shape index (κ1) is 23.1. The second-order valence-electron chi connectivity index (χ2n) is 7.54. The van der Waals surface area contributed by atoms with Crippen LogP contribution in [0.15, 0.2) is 6.20 Å². The Labute approximate surface area is 171 Å². The minimum absolute atomic E-state index is 0.0156. The van der Waals surface area contributed by atoms with Crippen LogP contribution in [0.5, 0.6) is 0 Å².